The molecule has 2 amide bonds. The molecule has 8 heteroatoms. The number of hydrogen-bond donors (Lipinski definition) is 2. The number of thioether (sulfide) groups is 1. The molecule has 2 N–H and O–H groups in total. The summed E-state index contributed by atoms with van der Waals surface area (Å²) in [6.45, 7) is 7.45. The number of nitrogens with one attached hydrogen (secondary N) is 2. The fourth-order valence-corrected chi connectivity index (χ4v) is 5.34. The van der Waals surface area contributed by atoms with Gasteiger partial charge in [-0.25, -0.2) is 9.78 Å². The molecule has 4 rings (SSSR count). The Morgan fingerprint density at radius 2 is 1.76 bits per heavy atom. The summed E-state index contributed by atoms with van der Waals surface area (Å²) in [6.07, 6.45) is 5.53. The minimum absolute atomic E-state index is 0.0361. The highest BCUT2D eigenvalue weighted by Crippen LogP contribution is 2.35. The van der Waals surface area contributed by atoms with Crippen LogP contribution < -0.4 is 15.4 Å². The molecule has 0 radical (unpaired) electrons. The number of rotatable bonds is 5. The van der Waals surface area contributed by atoms with E-state index >= 15 is 0 Å². The molecule has 2 aromatic rings. The third-order valence-corrected chi connectivity index (χ3v) is 7.00. The lowest BCUT2D eigenvalue weighted by Crippen LogP contribution is -2.45. The second kappa shape index (κ2) is 10.3. The number of ether oxygens (including phenoxy) is 2. The molecule has 182 valence electrons. The van der Waals surface area contributed by atoms with E-state index in [0.717, 1.165) is 43.4 Å². The third-order valence-electron chi connectivity index (χ3n) is 5.90. The lowest BCUT2D eigenvalue weighted by molar-refractivity contribution is 0.0488. The van der Waals surface area contributed by atoms with E-state index < -0.39 is 11.7 Å². The normalized spacial score (nSPS) is 19.8. The Bertz CT molecular complexity index is 1060. The van der Waals surface area contributed by atoms with E-state index in [0.29, 0.717) is 17.2 Å². The molecule has 0 atom stereocenters. The Balaban J connectivity index is 1.35. The highest BCUT2D eigenvalue weighted by Gasteiger charge is 2.27. The number of benzene rings is 1. The van der Waals surface area contributed by atoms with Crippen LogP contribution in [-0.2, 0) is 11.2 Å². The van der Waals surface area contributed by atoms with Gasteiger partial charge in [0.05, 0.1) is 0 Å². The zero-order valence-corrected chi connectivity index (χ0v) is 21.1. The number of nitrogens with zero attached hydrogens (tertiary/aromatic N) is 1. The van der Waals surface area contributed by atoms with Gasteiger partial charge in [-0.2, -0.15) is 0 Å². The maximum absolute atomic E-state index is 13.2. The molecule has 1 aliphatic heterocycles. The molecule has 0 unspecified atom stereocenters. The topological polar surface area (TPSA) is 89.5 Å². The van der Waals surface area contributed by atoms with Crippen molar-refractivity contribution in [2.75, 3.05) is 5.75 Å². The van der Waals surface area contributed by atoms with Gasteiger partial charge >= 0.3 is 6.09 Å². The van der Waals surface area contributed by atoms with Crippen LogP contribution in [0.4, 0.5) is 4.79 Å². The van der Waals surface area contributed by atoms with E-state index in [4.69, 9.17) is 9.47 Å². The molecule has 0 saturated heterocycles. The zero-order valence-electron chi connectivity index (χ0n) is 20.3. The maximum atomic E-state index is 13.2. The van der Waals surface area contributed by atoms with Gasteiger partial charge in [0, 0.05) is 28.9 Å². The smallest absolute Gasteiger partial charge is 0.407 e. The van der Waals surface area contributed by atoms with Gasteiger partial charge in [-0.05, 0) is 89.1 Å². The van der Waals surface area contributed by atoms with Crippen LogP contribution in [0, 0.1) is 6.92 Å². The molecule has 1 saturated carbocycles. The summed E-state index contributed by atoms with van der Waals surface area (Å²) >= 11 is 1.82. The van der Waals surface area contributed by atoms with E-state index in [-0.39, 0.29) is 18.0 Å². The largest absolute Gasteiger partial charge is 0.444 e. The number of alkyl carbamates (subject to hydrolysis) is 1. The summed E-state index contributed by atoms with van der Waals surface area (Å²) in [6, 6.07) is 7.95. The summed E-state index contributed by atoms with van der Waals surface area (Å²) in [4.78, 5) is 30.8. The minimum atomic E-state index is -0.518. The molecular formula is C26H33N3O4S. The molecule has 1 aliphatic carbocycles. The van der Waals surface area contributed by atoms with Crippen LogP contribution >= 0.6 is 11.8 Å². The van der Waals surface area contributed by atoms with Gasteiger partial charge in [0.25, 0.3) is 5.91 Å². The highest BCUT2D eigenvalue weighted by atomic mass is 32.2. The lowest BCUT2D eigenvalue weighted by atomic mass is 9.91. The summed E-state index contributed by atoms with van der Waals surface area (Å²) < 4.78 is 11.4. The van der Waals surface area contributed by atoms with Crippen molar-refractivity contribution in [3.05, 3.63) is 47.2 Å². The van der Waals surface area contributed by atoms with Crippen LogP contribution in [0.2, 0.25) is 0 Å². The molecular weight excluding hydrogens is 450 g/mol. The minimum Gasteiger partial charge on any atom is -0.444 e. The van der Waals surface area contributed by atoms with Gasteiger partial charge in [-0.3, -0.25) is 4.79 Å². The standard InChI is InChI=1S/C26H33N3O4S/c1-16-13-21(24(27-15-16)32-20-10-5-17-11-12-34-22(17)14-20)23(30)28-18-6-8-19(9-7-18)29-25(31)33-26(2,3)4/h5,10,13-15,18-19H,6-9,11-12H2,1-4H3,(H,28,30)(H,29,31). The number of pyridine rings is 1. The highest BCUT2D eigenvalue weighted by molar-refractivity contribution is 7.99. The van der Waals surface area contributed by atoms with E-state index in [1.54, 1.807) is 6.20 Å². The van der Waals surface area contributed by atoms with Crippen molar-refractivity contribution in [3.8, 4) is 11.6 Å². The van der Waals surface area contributed by atoms with Crippen LogP contribution in [0.3, 0.4) is 0 Å². The van der Waals surface area contributed by atoms with Crippen molar-refractivity contribution in [1.82, 2.24) is 15.6 Å². The molecule has 1 fully saturated rings. The van der Waals surface area contributed by atoms with Crippen molar-refractivity contribution in [1.29, 1.82) is 0 Å². The Hall–Kier alpha value is -2.74. The quantitative estimate of drug-likeness (QED) is 0.592. The first kappa shape index (κ1) is 24.4. The summed E-state index contributed by atoms with van der Waals surface area (Å²) in [5, 5.41) is 6.07. The van der Waals surface area contributed by atoms with Crippen LogP contribution in [0.15, 0.2) is 35.4 Å². The van der Waals surface area contributed by atoms with Crippen LogP contribution in [0.25, 0.3) is 0 Å². The second-order valence-electron chi connectivity index (χ2n) is 10.0. The van der Waals surface area contributed by atoms with Gasteiger partial charge in [-0.15, -0.1) is 11.8 Å². The number of carbonyl (C=O) groups excluding carboxylic acids is 2. The van der Waals surface area contributed by atoms with E-state index in [2.05, 4.69) is 21.7 Å². The van der Waals surface area contributed by atoms with E-state index in [1.807, 2.05) is 57.7 Å². The lowest BCUT2D eigenvalue weighted by Gasteiger charge is -2.30. The van der Waals surface area contributed by atoms with Gasteiger partial charge in [-0.1, -0.05) is 6.07 Å². The van der Waals surface area contributed by atoms with Crippen LogP contribution in [0.5, 0.6) is 11.6 Å². The number of amides is 2. The number of hydrogen-bond acceptors (Lipinski definition) is 6. The molecule has 1 aromatic carbocycles. The monoisotopic (exact) mass is 483 g/mol. The first-order chi connectivity index (χ1) is 16.2. The predicted molar refractivity (Wildman–Crippen MR) is 133 cm³/mol. The average Bonchev–Trinajstić information content (AvgIpc) is 3.23. The summed E-state index contributed by atoms with van der Waals surface area (Å²) in [5.74, 6) is 1.90. The molecule has 2 heterocycles. The zero-order chi connectivity index (χ0) is 24.3. The first-order valence-electron chi connectivity index (χ1n) is 11.9. The molecule has 1 aromatic heterocycles. The second-order valence-corrected chi connectivity index (χ2v) is 11.1. The Labute approximate surface area is 205 Å². The van der Waals surface area contributed by atoms with Gasteiger partial charge in [0.15, 0.2) is 0 Å². The third kappa shape index (κ3) is 6.44. The van der Waals surface area contributed by atoms with Crippen molar-refractivity contribution in [2.45, 2.75) is 82.4 Å². The number of fused-ring (bicyclic) bond motifs is 1. The van der Waals surface area contributed by atoms with E-state index in [9.17, 15) is 9.59 Å². The summed E-state index contributed by atoms with van der Waals surface area (Å²) in [5.41, 5.74) is 2.15. The van der Waals surface area contributed by atoms with Crippen molar-refractivity contribution in [2.24, 2.45) is 0 Å². The molecule has 0 spiro atoms. The van der Waals surface area contributed by atoms with Crippen LogP contribution in [-0.4, -0.2) is 40.4 Å². The molecule has 2 aliphatic rings. The van der Waals surface area contributed by atoms with Crippen molar-refractivity contribution in [3.63, 3.8) is 0 Å². The number of carbonyl (C=O) groups is 2. The first-order valence-corrected chi connectivity index (χ1v) is 12.9. The van der Waals surface area contributed by atoms with Crippen molar-refractivity contribution < 1.29 is 19.1 Å². The predicted octanol–water partition coefficient (Wildman–Crippen LogP) is 5.40. The SMILES string of the molecule is Cc1cnc(Oc2ccc3c(c2)SCC3)c(C(=O)NC2CCC(NC(=O)OC(C)(C)C)CC2)c1. The fraction of sp³-hybridized carbons (Fsp3) is 0.500. The Morgan fingerprint density at radius 1 is 1.06 bits per heavy atom. The average molecular weight is 484 g/mol. The molecule has 0 bridgehead atoms. The fourth-order valence-electron chi connectivity index (χ4n) is 4.24. The van der Waals surface area contributed by atoms with Crippen LogP contribution in [0.1, 0.15) is 67.9 Å². The van der Waals surface area contributed by atoms with Gasteiger partial charge in [0.1, 0.15) is 16.9 Å². The van der Waals surface area contributed by atoms with Gasteiger partial charge < -0.3 is 20.1 Å². The molecule has 34 heavy (non-hydrogen) atoms. The van der Waals surface area contributed by atoms with Gasteiger partial charge in [0.2, 0.25) is 5.88 Å². The van der Waals surface area contributed by atoms with E-state index in [1.165, 1.54) is 10.5 Å². The number of aromatic nitrogens is 1. The summed E-state index contributed by atoms with van der Waals surface area (Å²) in [7, 11) is 0. The Kier molecular flexibility index (Phi) is 7.36. The molecule has 7 nitrogen and oxygen atoms in total. The Morgan fingerprint density at radius 3 is 2.47 bits per heavy atom. The maximum Gasteiger partial charge on any atom is 0.407 e. The number of aryl methyl sites for hydroxylation is 2. The van der Waals surface area contributed by atoms with Crippen molar-refractivity contribution >= 4 is 23.8 Å².